The summed E-state index contributed by atoms with van der Waals surface area (Å²) in [6, 6.07) is -1.76. The number of nitrogens with zero attached hydrogens (tertiary/aromatic N) is 1. The molecular weight excluding hydrogens is 255 g/mol. The van der Waals surface area contributed by atoms with Gasteiger partial charge in [-0.25, -0.2) is 4.79 Å². The van der Waals surface area contributed by atoms with E-state index < -0.39 is 29.9 Å². The van der Waals surface area contributed by atoms with Gasteiger partial charge in [-0.05, 0) is 26.9 Å². The van der Waals surface area contributed by atoms with Crippen LogP contribution in [0.2, 0.25) is 0 Å². The molecule has 0 aliphatic heterocycles. The van der Waals surface area contributed by atoms with Crippen molar-refractivity contribution in [1.29, 1.82) is 0 Å². The second-order valence-corrected chi connectivity index (χ2v) is 4.55. The van der Waals surface area contributed by atoms with Crippen molar-refractivity contribution in [2.75, 3.05) is 6.66 Å². The molecule has 0 aromatic heterocycles. The molecule has 3 atom stereocenters. The lowest BCUT2D eigenvalue weighted by molar-refractivity contribution is -0.156. The Morgan fingerprint density at radius 2 is 1.89 bits per heavy atom. The molecule has 7 heteroatoms. The van der Waals surface area contributed by atoms with Gasteiger partial charge in [0.15, 0.2) is 0 Å². The summed E-state index contributed by atoms with van der Waals surface area (Å²) in [6.07, 6.45) is 0.795. The van der Waals surface area contributed by atoms with Crippen molar-refractivity contribution in [2.24, 2.45) is 5.73 Å². The van der Waals surface area contributed by atoms with Crippen molar-refractivity contribution in [3.05, 3.63) is 0 Å². The highest BCUT2D eigenvalue weighted by molar-refractivity contribution is 7.31. The van der Waals surface area contributed by atoms with Crippen molar-refractivity contribution in [2.45, 2.75) is 45.7 Å². The van der Waals surface area contributed by atoms with Gasteiger partial charge in [-0.3, -0.25) is 14.5 Å². The maximum Gasteiger partial charge on any atom is 0.331 e. The third-order valence-corrected chi connectivity index (χ3v) is 2.70. The maximum absolute atomic E-state index is 11.9. The summed E-state index contributed by atoms with van der Waals surface area (Å²) in [5.41, 5.74) is 5.49. The van der Waals surface area contributed by atoms with Gasteiger partial charge in [-0.2, -0.15) is 0 Å². The zero-order chi connectivity index (χ0) is 14.3. The number of amides is 2. The van der Waals surface area contributed by atoms with E-state index in [1.54, 1.807) is 6.66 Å². The molecule has 104 valence electrons. The normalized spacial score (nSPS) is 14.3. The number of carbonyl (C=O) groups excluding carboxylic acids is 3. The summed E-state index contributed by atoms with van der Waals surface area (Å²) < 4.78 is 4.84. The second kappa shape index (κ2) is 8.16. The topological polar surface area (TPSA) is 89.7 Å². The maximum atomic E-state index is 11.9. The highest BCUT2D eigenvalue weighted by Crippen LogP contribution is 2.13. The molecule has 0 spiro atoms. The Bertz CT molecular complexity index is 320. The predicted octanol–water partition coefficient (Wildman–Crippen LogP) is 0.644. The van der Waals surface area contributed by atoms with Crippen molar-refractivity contribution in [1.82, 2.24) is 4.90 Å². The highest BCUT2D eigenvalue weighted by Gasteiger charge is 2.33. The highest BCUT2D eigenvalue weighted by atomic mass is 31.1. The van der Waals surface area contributed by atoms with Crippen LogP contribution in [0.15, 0.2) is 0 Å². The average Bonchev–Trinajstić information content (AvgIpc) is 2.29. The Hall–Kier alpha value is -1.00. The molecule has 1 unspecified atom stereocenters. The zero-order valence-electron chi connectivity index (χ0n) is 11.2. The molecule has 6 nitrogen and oxygen atoms in total. The van der Waals surface area contributed by atoms with Crippen LogP contribution in [0, 0.1) is 0 Å². The van der Waals surface area contributed by atoms with Gasteiger partial charge >= 0.3 is 5.97 Å². The summed E-state index contributed by atoms with van der Waals surface area (Å²) in [5.74, 6) is -1.55. The van der Waals surface area contributed by atoms with Crippen LogP contribution < -0.4 is 5.73 Å². The Labute approximate surface area is 109 Å². The smallest absolute Gasteiger partial charge is 0.331 e. The van der Waals surface area contributed by atoms with Crippen molar-refractivity contribution in [3.8, 4) is 0 Å². The Kier molecular flexibility index (Phi) is 7.71. The molecule has 0 saturated heterocycles. The summed E-state index contributed by atoms with van der Waals surface area (Å²) in [5, 5.41) is 0. The van der Waals surface area contributed by atoms with Gasteiger partial charge in [0.25, 0.3) is 0 Å². The number of hydrogen-bond donors (Lipinski definition) is 1. The van der Waals surface area contributed by atoms with E-state index in [2.05, 4.69) is 0 Å². The first-order chi connectivity index (χ1) is 8.36. The summed E-state index contributed by atoms with van der Waals surface area (Å²) in [7, 11) is -0.0239. The number of rotatable bonds is 6. The standard InChI is InChI=1S/C11H21N2O4P/c1-5-6-9(14)13(10(15)7(2)12)8(3)11(16)17-18-4/h7-8,18H,5-6,12H2,1-4H3/t7-,8-/m0/s1. The zero-order valence-corrected chi connectivity index (χ0v) is 12.2. The number of imide groups is 1. The average molecular weight is 276 g/mol. The van der Waals surface area contributed by atoms with E-state index in [-0.39, 0.29) is 15.2 Å². The molecule has 0 bridgehead atoms. The fourth-order valence-corrected chi connectivity index (χ4v) is 1.75. The number of nitrogens with two attached hydrogens (primary N) is 1. The Balaban J connectivity index is 5.02. The van der Waals surface area contributed by atoms with Crippen LogP contribution in [0.1, 0.15) is 33.6 Å². The van der Waals surface area contributed by atoms with E-state index in [1.807, 2.05) is 6.92 Å². The molecule has 2 amide bonds. The van der Waals surface area contributed by atoms with Crippen LogP contribution in [0.5, 0.6) is 0 Å². The van der Waals surface area contributed by atoms with Gasteiger partial charge in [0.1, 0.15) is 6.04 Å². The third kappa shape index (κ3) is 4.70. The minimum absolute atomic E-state index is 0.0239. The molecule has 0 radical (unpaired) electrons. The van der Waals surface area contributed by atoms with Gasteiger partial charge in [0, 0.05) is 6.42 Å². The van der Waals surface area contributed by atoms with E-state index in [4.69, 9.17) is 10.3 Å². The van der Waals surface area contributed by atoms with Crippen molar-refractivity contribution >= 4 is 26.6 Å². The minimum atomic E-state index is -0.935. The lowest BCUT2D eigenvalue weighted by Gasteiger charge is -2.27. The second-order valence-electron chi connectivity index (χ2n) is 3.94. The summed E-state index contributed by atoms with van der Waals surface area (Å²) >= 11 is 0. The monoisotopic (exact) mass is 276 g/mol. The first kappa shape index (κ1) is 17.0. The molecule has 0 saturated carbocycles. The van der Waals surface area contributed by atoms with Crippen molar-refractivity contribution in [3.63, 3.8) is 0 Å². The van der Waals surface area contributed by atoms with Crippen LogP contribution in [-0.2, 0) is 18.9 Å². The van der Waals surface area contributed by atoms with Gasteiger partial charge in [-0.1, -0.05) is 6.92 Å². The number of carbonyl (C=O) groups is 3. The molecule has 0 aromatic carbocycles. The molecule has 0 fully saturated rings. The molecule has 0 aliphatic rings. The molecular formula is C11H21N2O4P. The van der Waals surface area contributed by atoms with Gasteiger partial charge in [0.2, 0.25) is 11.8 Å². The first-order valence-electron chi connectivity index (χ1n) is 5.85. The summed E-state index contributed by atoms with van der Waals surface area (Å²) in [4.78, 5) is 36.3. The van der Waals surface area contributed by atoms with Crippen LogP contribution in [0.3, 0.4) is 0 Å². The molecule has 0 aliphatic carbocycles. The van der Waals surface area contributed by atoms with Gasteiger partial charge in [-0.15, -0.1) is 0 Å². The molecule has 18 heavy (non-hydrogen) atoms. The Morgan fingerprint density at radius 1 is 1.33 bits per heavy atom. The van der Waals surface area contributed by atoms with Crippen LogP contribution in [0.25, 0.3) is 0 Å². The van der Waals surface area contributed by atoms with E-state index in [9.17, 15) is 14.4 Å². The van der Waals surface area contributed by atoms with Gasteiger partial charge < -0.3 is 10.3 Å². The largest absolute Gasteiger partial charge is 0.447 e. The molecule has 0 heterocycles. The first-order valence-corrected chi connectivity index (χ1v) is 7.26. The predicted molar refractivity (Wildman–Crippen MR) is 70.2 cm³/mol. The van der Waals surface area contributed by atoms with Crippen LogP contribution >= 0.6 is 8.81 Å². The fraction of sp³-hybridized carbons (Fsp3) is 0.727. The van der Waals surface area contributed by atoms with E-state index in [0.29, 0.717) is 6.42 Å². The molecule has 0 rings (SSSR count). The SMILES string of the molecule is CCCC(=O)N(C(=O)[C@H](C)N)[C@@H](C)C(=O)OPC. The number of hydrogen-bond acceptors (Lipinski definition) is 5. The summed E-state index contributed by atoms with van der Waals surface area (Å²) in [6.45, 7) is 6.46. The minimum Gasteiger partial charge on any atom is -0.447 e. The third-order valence-electron chi connectivity index (χ3n) is 2.29. The van der Waals surface area contributed by atoms with Crippen molar-refractivity contribution < 1.29 is 18.9 Å². The van der Waals surface area contributed by atoms with Crippen LogP contribution in [0.4, 0.5) is 0 Å². The fourth-order valence-electron chi connectivity index (χ4n) is 1.37. The van der Waals surface area contributed by atoms with Gasteiger partial charge in [0.05, 0.1) is 14.8 Å². The lowest BCUT2D eigenvalue weighted by Crippen LogP contribution is -2.52. The van der Waals surface area contributed by atoms with Crippen LogP contribution in [-0.4, -0.2) is 41.4 Å². The van der Waals surface area contributed by atoms with E-state index >= 15 is 0 Å². The quantitative estimate of drug-likeness (QED) is 0.719. The molecule has 2 N–H and O–H groups in total. The lowest BCUT2D eigenvalue weighted by atomic mass is 10.2. The van der Waals surface area contributed by atoms with E-state index in [1.165, 1.54) is 13.8 Å². The Morgan fingerprint density at radius 3 is 2.28 bits per heavy atom. The molecule has 0 aromatic rings. The van der Waals surface area contributed by atoms with E-state index in [0.717, 1.165) is 4.90 Å².